The van der Waals surface area contributed by atoms with E-state index < -0.39 is 6.04 Å². The van der Waals surface area contributed by atoms with E-state index in [1.807, 2.05) is 5.38 Å². The minimum Gasteiger partial charge on any atom is -0.322 e. The molecule has 0 bridgehead atoms. The lowest BCUT2D eigenvalue weighted by Crippen LogP contribution is -2.47. The van der Waals surface area contributed by atoms with Crippen molar-refractivity contribution in [1.82, 2.24) is 10.2 Å². The Labute approximate surface area is 139 Å². The van der Waals surface area contributed by atoms with Crippen molar-refractivity contribution in [2.45, 2.75) is 63.5 Å². The van der Waals surface area contributed by atoms with Crippen LogP contribution in [0.15, 0.2) is 5.38 Å². The number of thiophene rings is 1. The summed E-state index contributed by atoms with van der Waals surface area (Å²) in [6.07, 6.45) is 6.52. The Hall–Kier alpha value is -1.69. The smallest absolute Gasteiger partial charge is 0.256 e. The molecule has 3 amide bonds. The van der Waals surface area contributed by atoms with Crippen LogP contribution in [0.5, 0.6) is 0 Å². The van der Waals surface area contributed by atoms with Crippen LogP contribution in [0.3, 0.4) is 0 Å². The quantitative estimate of drug-likeness (QED) is 0.847. The molecular weight excluding hydrogens is 312 g/mol. The number of carbonyl (C=O) groups excluding carboxylic acids is 3. The molecule has 0 spiro atoms. The minimum atomic E-state index is -0.511. The molecule has 4 rings (SSSR count). The molecule has 5 nitrogen and oxygen atoms in total. The maximum absolute atomic E-state index is 12.7. The lowest BCUT2D eigenvalue weighted by Gasteiger charge is -2.25. The number of hydrogen-bond acceptors (Lipinski definition) is 4. The van der Waals surface area contributed by atoms with Gasteiger partial charge in [-0.15, -0.1) is 11.3 Å². The number of rotatable bonds is 2. The van der Waals surface area contributed by atoms with Crippen molar-refractivity contribution < 1.29 is 14.4 Å². The van der Waals surface area contributed by atoms with E-state index in [2.05, 4.69) is 5.32 Å². The van der Waals surface area contributed by atoms with Gasteiger partial charge in [0.15, 0.2) is 0 Å². The largest absolute Gasteiger partial charge is 0.322 e. The Balaban J connectivity index is 1.59. The van der Waals surface area contributed by atoms with Crippen molar-refractivity contribution in [3.8, 4) is 0 Å². The van der Waals surface area contributed by atoms with Gasteiger partial charge in [-0.3, -0.25) is 19.7 Å². The van der Waals surface area contributed by atoms with Crippen LogP contribution < -0.4 is 5.32 Å². The van der Waals surface area contributed by atoms with E-state index in [1.165, 1.54) is 30.6 Å². The fraction of sp³-hybridized carbons (Fsp3) is 0.588. The van der Waals surface area contributed by atoms with Crippen LogP contribution in [0.25, 0.3) is 0 Å². The first-order chi connectivity index (χ1) is 11.1. The van der Waals surface area contributed by atoms with E-state index in [0.717, 1.165) is 11.1 Å². The van der Waals surface area contributed by atoms with Gasteiger partial charge in [-0.1, -0.05) is 12.8 Å². The molecular formula is C17H20N2O3S. The molecule has 23 heavy (non-hydrogen) atoms. The standard InChI is InChI=1S/C17H20N2O3S/c20-14-7-3-6-13(16(21)18-14)19-8-11-12(17(19)22)9-23-15(11)10-4-1-2-5-10/h9-10,13H,1-8H2,(H,18,20,21)/t13-/m0/s1. The summed E-state index contributed by atoms with van der Waals surface area (Å²) in [7, 11) is 0. The number of fused-ring (bicyclic) bond motifs is 1. The summed E-state index contributed by atoms with van der Waals surface area (Å²) in [5.41, 5.74) is 1.91. The fourth-order valence-corrected chi connectivity index (χ4v) is 5.32. The summed E-state index contributed by atoms with van der Waals surface area (Å²) < 4.78 is 0. The first kappa shape index (κ1) is 14.9. The first-order valence-electron chi connectivity index (χ1n) is 8.40. The summed E-state index contributed by atoms with van der Waals surface area (Å²) in [4.78, 5) is 39.5. The van der Waals surface area contributed by atoms with Crippen LogP contribution in [-0.2, 0) is 16.1 Å². The number of nitrogens with one attached hydrogen (secondary N) is 1. The monoisotopic (exact) mass is 332 g/mol. The topological polar surface area (TPSA) is 66.5 Å². The van der Waals surface area contributed by atoms with Crippen molar-refractivity contribution in [3.05, 3.63) is 21.4 Å². The molecule has 0 unspecified atom stereocenters. The first-order valence-corrected chi connectivity index (χ1v) is 9.28. The maximum atomic E-state index is 12.7. The molecule has 3 heterocycles. The molecule has 0 aromatic carbocycles. The summed E-state index contributed by atoms with van der Waals surface area (Å²) in [6, 6.07) is -0.511. The van der Waals surface area contributed by atoms with Gasteiger partial charge in [0, 0.05) is 23.2 Å². The van der Waals surface area contributed by atoms with Gasteiger partial charge in [-0.05, 0) is 37.2 Å². The van der Waals surface area contributed by atoms with Crippen molar-refractivity contribution in [3.63, 3.8) is 0 Å². The van der Waals surface area contributed by atoms with Gasteiger partial charge in [0.25, 0.3) is 5.91 Å². The third-order valence-electron chi connectivity index (χ3n) is 5.29. The van der Waals surface area contributed by atoms with E-state index in [0.29, 0.717) is 31.7 Å². The molecule has 6 heteroatoms. The van der Waals surface area contributed by atoms with E-state index in [4.69, 9.17) is 0 Å². The van der Waals surface area contributed by atoms with Crippen molar-refractivity contribution in [2.75, 3.05) is 0 Å². The van der Waals surface area contributed by atoms with E-state index in [-0.39, 0.29) is 17.7 Å². The van der Waals surface area contributed by atoms with Crippen molar-refractivity contribution in [1.29, 1.82) is 0 Å². The van der Waals surface area contributed by atoms with Crippen LogP contribution in [-0.4, -0.2) is 28.7 Å². The zero-order chi connectivity index (χ0) is 16.0. The Bertz CT molecular complexity index is 675. The van der Waals surface area contributed by atoms with Gasteiger partial charge in [-0.2, -0.15) is 0 Å². The molecule has 1 N–H and O–H groups in total. The average Bonchev–Trinajstić information content (AvgIpc) is 3.20. The lowest BCUT2D eigenvalue weighted by atomic mass is 10.0. The number of nitrogens with zero attached hydrogens (tertiary/aromatic N) is 1. The lowest BCUT2D eigenvalue weighted by molar-refractivity contribution is -0.132. The molecule has 2 fully saturated rings. The zero-order valence-corrected chi connectivity index (χ0v) is 13.8. The highest BCUT2D eigenvalue weighted by molar-refractivity contribution is 7.10. The molecule has 2 aliphatic heterocycles. The SMILES string of the molecule is O=C1CCC[C@H](N2Cc3c(csc3C3CCCC3)C2=O)C(=O)N1. The van der Waals surface area contributed by atoms with Gasteiger partial charge >= 0.3 is 0 Å². The Morgan fingerprint density at radius 1 is 1.09 bits per heavy atom. The normalized spacial score (nSPS) is 25.7. The van der Waals surface area contributed by atoms with Crippen LogP contribution in [0.4, 0.5) is 0 Å². The van der Waals surface area contributed by atoms with Crippen molar-refractivity contribution in [2.24, 2.45) is 0 Å². The average molecular weight is 332 g/mol. The van der Waals surface area contributed by atoms with Gasteiger partial charge in [0.1, 0.15) is 6.04 Å². The number of amides is 3. The molecule has 3 aliphatic rings. The number of hydrogen-bond donors (Lipinski definition) is 1. The molecule has 0 radical (unpaired) electrons. The third kappa shape index (κ3) is 2.49. The van der Waals surface area contributed by atoms with E-state index in [1.54, 1.807) is 16.2 Å². The number of carbonyl (C=O) groups is 3. The van der Waals surface area contributed by atoms with Crippen LogP contribution in [0, 0.1) is 0 Å². The maximum Gasteiger partial charge on any atom is 0.256 e. The van der Waals surface area contributed by atoms with Gasteiger partial charge in [0.05, 0.1) is 5.56 Å². The van der Waals surface area contributed by atoms with Crippen molar-refractivity contribution >= 4 is 29.1 Å². The zero-order valence-electron chi connectivity index (χ0n) is 13.0. The second kappa shape index (κ2) is 5.74. The molecule has 122 valence electrons. The van der Waals surface area contributed by atoms with Crippen LogP contribution >= 0.6 is 11.3 Å². The third-order valence-corrected chi connectivity index (χ3v) is 6.48. The van der Waals surface area contributed by atoms with Gasteiger partial charge in [-0.25, -0.2) is 0 Å². The van der Waals surface area contributed by atoms with Gasteiger partial charge < -0.3 is 4.90 Å². The molecule has 1 saturated carbocycles. The molecule has 1 aromatic rings. The minimum absolute atomic E-state index is 0.0463. The van der Waals surface area contributed by atoms with E-state index >= 15 is 0 Å². The Kier molecular flexibility index (Phi) is 3.71. The molecule has 1 aromatic heterocycles. The second-order valence-electron chi connectivity index (χ2n) is 6.73. The second-order valence-corrected chi connectivity index (χ2v) is 7.64. The summed E-state index contributed by atoms with van der Waals surface area (Å²) in [6.45, 7) is 0.524. The molecule has 1 atom stereocenters. The summed E-state index contributed by atoms with van der Waals surface area (Å²) in [5.74, 6) is -0.0156. The van der Waals surface area contributed by atoms with Gasteiger partial charge in [0.2, 0.25) is 11.8 Å². The summed E-state index contributed by atoms with van der Waals surface area (Å²) >= 11 is 1.70. The van der Waals surface area contributed by atoms with Crippen LogP contribution in [0.2, 0.25) is 0 Å². The highest BCUT2D eigenvalue weighted by atomic mass is 32.1. The number of imide groups is 1. The summed E-state index contributed by atoms with van der Waals surface area (Å²) in [5, 5.41) is 4.37. The highest BCUT2D eigenvalue weighted by Crippen LogP contribution is 2.43. The molecule has 1 aliphatic carbocycles. The van der Waals surface area contributed by atoms with Crippen LogP contribution in [0.1, 0.15) is 71.7 Å². The Morgan fingerprint density at radius 3 is 2.65 bits per heavy atom. The molecule has 1 saturated heterocycles. The predicted molar refractivity (Wildman–Crippen MR) is 86.2 cm³/mol. The predicted octanol–water partition coefficient (Wildman–Crippen LogP) is 2.56. The fourth-order valence-electron chi connectivity index (χ4n) is 4.09. The van der Waals surface area contributed by atoms with E-state index in [9.17, 15) is 14.4 Å². The highest BCUT2D eigenvalue weighted by Gasteiger charge is 2.40. The Morgan fingerprint density at radius 2 is 1.87 bits per heavy atom.